The molecule has 29 heavy (non-hydrogen) atoms. The lowest BCUT2D eigenvalue weighted by Gasteiger charge is -2.36. The van der Waals surface area contributed by atoms with Gasteiger partial charge in [0.1, 0.15) is 11.6 Å². The summed E-state index contributed by atoms with van der Waals surface area (Å²) in [5.41, 5.74) is 5.18. The Kier molecular flexibility index (Phi) is 4.60. The molecule has 0 amide bonds. The van der Waals surface area contributed by atoms with Crippen molar-refractivity contribution in [2.75, 3.05) is 13.7 Å². The van der Waals surface area contributed by atoms with E-state index in [1.54, 1.807) is 7.11 Å². The van der Waals surface area contributed by atoms with Gasteiger partial charge in [-0.05, 0) is 42.7 Å². The highest BCUT2D eigenvalue weighted by Crippen LogP contribution is 2.39. The van der Waals surface area contributed by atoms with Gasteiger partial charge >= 0.3 is 0 Å². The molecule has 0 radical (unpaired) electrons. The molecule has 3 heterocycles. The number of hydrogen-bond donors (Lipinski definition) is 1. The van der Waals surface area contributed by atoms with Gasteiger partial charge in [0.05, 0.1) is 19.7 Å². The van der Waals surface area contributed by atoms with Crippen molar-refractivity contribution in [2.24, 2.45) is 0 Å². The first-order valence-corrected chi connectivity index (χ1v) is 10.3. The summed E-state index contributed by atoms with van der Waals surface area (Å²) in [6.07, 6.45) is 5.00. The molecule has 2 aromatic heterocycles. The lowest BCUT2D eigenvalue weighted by Crippen LogP contribution is -2.36. The second-order valence-corrected chi connectivity index (χ2v) is 7.59. The van der Waals surface area contributed by atoms with Gasteiger partial charge in [-0.2, -0.15) is 0 Å². The smallest absolute Gasteiger partial charge is 0.122 e. The van der Waals surface area contributed by atoms with Crippen molar-refractivity contribution in [1.29, 1.82) is 0 Å². The Hall–Kier alpha value is -3.05. The third kappa shape index (κ3) is 3.12. The molecule has 0 bridgehead atoms. The fourth-order valence-corrected chi connectivity index (χ4v) is 4.61. The van der Waals surface area contributed by atoms with E-state index in [2.05, 4.69) is 75.0 Å². The standard InChI is InChI=1S/C24H26N4O/c1-3-27-14-12-25-22(27)16-28-13-11-20-19-9-4-5-10-21(19)26-23(20)24(28)17-7-6-8-18(15-17)29-2/h4-10,12,14-15,24,26H,3,11,13,16H2,1-2H3. The number of aryl methyl sites for hydroxylation is 1. The van der Waals surface area contributed by atoms with Gasteiger partial charge in [-0.1, -0.05) is 30.3 Å². The number of ether oxygens (including phenoxy) is 1. The summed E-state index contributed by atoms with van der Waals surface area (Å²) in [6.45, 7) is 4.91. The minimum Gasteiger partial charge on any atom is -0.497 e. The number of nitrogens with one attached hydrogen (secondary N) is 1. The first kappa shape index (κ1) is 18.0. The molecule has 0 aliphatic carbocycles. The van der Waals surface area contributed by atoms with Crippen LogP contribution in [-0.4, -0.2) is 33.1 Å². The number of para-hydroxylation sites is 1. The Morgan fingerprint density at radius 3 is 2.93 bits per heavy atom. The van der Waals surface area contributed by atoms with Crippen LogP contribution in [0.1, 0.15) is 35.6 Å². The molecule has 148 valence electrons. The monoisotopic (exact) mass is 386 g/mol. The number of aromatic amines is 1. The van der Waals surface area contributed by atoms with E-state index < -0.39 is 0 Å². The minimum absolute atomic E-state index is 0.142. The molecule has 1 unspecified atom stereocenters. The summed E-state index contributed by atoms with van der Waals surface area (Å²) in [6, 6.07) is 17.2. The molecule has 5 heteroatoms. The quantitative estimate of drug-likeness (QED) is 0.548. The topological polar surface area (TPSA) is 46.1 Å². The van der Waals surface area contributed by atoms with Gasteiger partial charge < -0.3 is 14.3 Å². The fourth-order valence-electron chi connectivity index (χ4n) is 4.61. The van der Waals surface area contributed by atoms with E-state index in [1.165, 1.54) is 27.7 Å². The maximum Gasteiger partial charge on any atom is 0.122 e. The summed E-state index contributed by atoms with van der Waals surface area (Å²) in [7, 11) is 1.73. The zero-order valence-electron chi connectivity index (χ0n) is 16.9. The first-order chi connectivity index (χ1) is 14.3. The highest BCUT2D eigenvalue weighted by atomic mass is 16.5. The van der Waals surface area contributed by atoms with Crippen LogP contribution in [0.25, 0.3) is 10.9 Å². The molecule has 0 spiro atoms. The highest BCUT2D eigenvalue weighted by Gasteiger charge is 2.32. The maximum absolute atomic E-state index is 5.53. The maximum atomic E-state index is 5.53. The molecular formula is C24H26N4O. The largest absolute Gasteiger partial charge is 0.497 e. The van der Waals surface area contributed by atoms with Crippen LogP contribution in [0.2, 0.25) is 0 Å². The van der Waals surface area contributed by atoms with Crippen LogP contribution < -0.4 is 4.74 Å². The van der Waals surface area contributed by atoms with Crippen LogP contribution in [0.5, 0.6) is 5.75 Å². The Morgan fingerprint density at radius 2 is 2.07 bits per heavy atom. The predicted molar refractivity (Wildman–Crippen MR) is 115 cm³/mol. The highest BCUT2D eigenvalue weighted by molar-refractivity contribution is 5.85. The number of rotatable bonds is 5. The number of methoxy groups -OCH3 is 1. The number of imidazole rings is 1. The summed E-state index contributed by atoms with van der Waals surface area (Å²) in [5, 5.41) is 1.34. The zero-order valence-corrected chi connectivity index (χ0v) is 16.9. The molecule has 0 saturated heterocycles. The average Bonchev–Trinajstić information content (AvgIpc) is 3.37. The lowest BCUT2D eigenvalue weighted by atomic mass is 9.92. The van der Waals surface area contributed by atoms with Crippen molar-refractivity contribution in [2.45, 2.75) is 32.5 Å². The van der Waals surface area contributed by atoms with Gasteiger partial charge in [-0.3, -0.25) is 4.90 Å². The number of aromatic nitrogens is 3. The van der Waals surface area contributed by atoms with Crippen LogP contribution >= 0.6 is 0 Å². The van der Waals surface area contributed by atoms with Crippen molar-refractivity contribution in [3.63, 3.8) is 0 Å². The van der Waals surface area contributed by atoms with Gasteiger partial charge in [0, 0.05) is 42.1 Å². The van der Waals surface area contributed by atoms with Gasteiger partial charge in [0.2, 0.25) is 0 Å². The van der Waals surface area contributed by atoms with Crippen LogP contribution in [0.15, 0.2) is 60.9 Å². The second-order valence-electron chi connectivity index (χ2n) is 7.59. The van der Waals surface area contributed by atoms with Gasteiger partial charge in [-0.25, -0.2) is 4.98 Å². The number of hydrogen-bond acceptors (Lipinski definition) is 3. The Bertz CT molecular complexity index is 1140. The molecule has 0 fully saturated rings. The normalized spacial score (nSPS) is 16.8. The number of benzene rings is 2. The van der Waals surface area contributed by atoms with E-state index in [4.69, 9.17) is 4.74 Å². The summed E-state index contributed by atoms with van der Waals surface area (Å²) < 4.78 is 7.75. The zero-order chi connectivity index (χ0) is 19.8. The molecule has 0 saturated carbocycles. The third-order valence-corrected chi connectivity index (χ3v) is 6.03. The van der Waals surface area contributed by atoms with Crippen LogP contribution in [0, 0.1) is 0 Å². The van der Waals surface area contributed by atoms with E-state index in [-0.39, 0.29) is 6.04 Å². The fraction of sp³-hybridized carbons (Fsp3) is 0.292. The van der Waals surface area contributed by atoms with E-state index in [0.717, 1.165) is 37.6 Å². The molecule has 4 aromatic rings. The van der Waals surface area contributed by atoms with Crippen LogP contribution in [0.4, 0.5) is 0 Å². The summed E-state index contributed by atoms with van der Waals surface area (Å²) in [5.74, 6) is 2.00. The van der Waals surface area contributed by atoms with Gasteiger partial charge in [0.15, 0.2) is 0 Å². The molecule has 1 aliphatic rings. The molecule has 1 aliphatic heterocycles. The average molecular weight is 386 g/mol. The molecule has 1 N–H and O–H groups in total. The molecule has 5 nitrogen and oxygen atoms in total. The van der Waals surface area contributed by atoms with E-state index in [1.807, 2.05) is 12.3 Å². The number of H-pyrrole nitrogens is 1. The molecular weight excluding hydrogens is 360 g/mol. The second kappa shape index (κ2) is 7.41. The summed E-state index contributed by atoms with van der Waals surface area (Å²) >= 11 is 0. The van der Waals surface area contributed by atoms with Gasteiger partial charge in [-0.15, -0.1) is 0 Å². The van der Waals surface area contributed by atoms with Crippen LogP contribution in [0.3, 0.4) is 0 Å². The molecule has 2 aromatic carbocycles. The van der Waals surface area contributed by atoms with Crippen molar-refractivity contribution in [1.82, 2.24) is 19.4 Å². The van der Waals surface area contributed by atoms with E-state index >= 15 is 0 Å². The van der Waals surface area contributed by atoms with Gasteiger partial charge in [0.25, 0.3) is 0 Å². The summed E-state index contributed by atoms with van der Waals surface area (Å²) in [4.78, 5) is 10.9. The van der Waals surface area contributed by atoms with Crippen molar-refractivity contribution in [3.05, 3.63) is 83.6 Å². The lowest BCUT2D eigenvalue weighted by molar-refractivity contribution is 0.194. The van der Waals surface area contributed by atoms with Crippen molar-refractivity contribution < 1.29 is 4.74 Å². The SMILES string of the molecule is CCn1ccnc1CN1CCc2c([nH]c3ccccc23)C1c1cccc(OC)c1. The van der Waals surface area contributed by atoms with Crippen LogP contribution in [-0.2, 0) is 19.5 Å². The minimum atomic E-state index is 0.142. The molecule has 1 atom stereocenters. The van der Waals surface area contributed by atoms with Crippen molar-refractivity contribution in [3.8, 4) is 5.75 Å². The van der Waals surface area contributed by atoms with E-state index in [0.29, 0.717) is 0 Å². The first-order valence-electron chi connectivity index (χ1n) is 10.3. The Labute approximate surface area is 170 Å². The number of nitrogens with zero attached hydrogens (tertiary/aromatic N) is 3. The third-order valence-electron chi connectivity index (χ3n) is 6.03. The van der Waals surface area contributed by atoms with E-state index in [9.17, 15) is 0 Å². The number of fused-ring (bicyclic) bond motifs is 3. The predicted octanol–water partition coefficient (Wildman–Crippen LogP) is 4.54. The molecule has 5 rings (SSSR count). The Balaban J connectivity index is 1.63. The van der Waals surface area contributed by atoms with Crippen molar-refractivity contribution >= 4 is 10.9 Å². The Morgan fingerprint density at radius 1 is 1.17 bits per heavy atom.